The number of halogens is 2. The van der Waals surface area contributed by atoms with Gasteiger partial charge in [0.05, 0.1) is 11.2 Å². The summed E-state index contributed by atoms with van der Waals surface area (Å²) in [5, 5.41) is 2.07. The van der Waals surface area contributed by atoms with Crippen LogP contribution in [0, 0.1) is 0 Å². The summed E-state index contributed by atoms with van der Waals surface area (Å²) < 4.78 is 0. The maximum atomic E-state index is 13.1. The predicted octanol–water partition coefficient (Wildman–Crippen LogP) is 5.62. The maximum absolute atomic E-state index is 13.1. The number of likely N-dealkylation sites (tertiary alicyclic amines) is 1. The number of nitrogens with zero attached hydrogens (tertiary/aromatic N) is 3. The Morgan fingerprint density at radius 2 is 1.52 bits per heavy atom. The number of carbonyl (C=O) groups is 1. The molecule has 2 heterocycles. The first-order valence-electron chi connectivity index (χ1n) is 9.14. The number of hydrogen-bond donors (Lipinski definition) is 0. The number of carbonyl (C=O) groups excluding carboxylic acids is 1. The third kappa shape index (κ3) is 3.92. The molecule has 0 atom stereocenters. The van der Waals surface area contributed by atoms with E-state index in [1.165, 1.54) is 0 Å². The zero-order chi connectivity index (χ0) is 18.8. The van der Waals surface area contributed by atoms with Crippen LogP contribution in [-0.4, -0.2) is 33.9 Å². The van der Waals surface area contributed by atoms with Gasteiger partial charge < -0.3 is 4.90 Å². The molecule has 0 N–H and O–H groups in total. The van der Waals surface area contributed by atoms with Gasteiger partial charge in [-0.2, -0.15) is 0 Å². The van der Waals surface area contributed by atoms with Crippen LogP contribution in [0.3, 0.4) is 0 Å². The number of fused-ring (bicyclic) bond motifs is 1. The van der Waals surface area contributed by atoms with Crippen molar-refractivity contribution in [2.75, 3.05) is 13.1 Å². The molecule has 0 radical (unpaired) electrons. The molecule has 27 heavy (non-hydrogen) atoms. The van der Waals surface area contributed by atoms with Gasteiger partial charge in [0, 0.05) is 34.1 Å². The highest BCUT2D eigenvalue weighted by molar-refractivity contribution is 6.31. The van der Waals surface area contributed by atoms with Crippen molar-refractivity contribution in [2.45, 2.75) is 25.7 Å². The molecule has 1 aliphatic heterocycles. The first-order chi connectivity index (χ1) is 13.1. The molecule has 0 spiro atoms. The van der Waals surface area contributed by atoms with E-state index in [1.54, 1.807) is 6.07 Å². The van der Waals surface area contributed by atoms with E-state index in [0.717, 1.165) is 49.7 Å². The van der Waals surface area contributed by atoms with Crippen molar-refractivity contribution in [1.82, 2.24) is 14.9 Å². The molecule has 4 rings (SSSR count). The summed E-state index contributed by atoms with van der Waals surface area (Å²) in [5.74, 6) is 0.126. The topological polar surface area (TPSA) is 46.1 Å². The lowest BCUT2D eigenvalue weighted by molar-refractivity contribution is 0.0750. The van der Waals surface area contributed by atoms with E-state index in [0.29, 0.717) is 21.3 Å². The lowest BCUT2D eigenvalue weighted by Gasteiger charge is -2.20. The van der Waals surface area contributed by atoms with Gasteiger partial charge in [-0.05, 0) is 43.2 Å². The van der Waals surface area contributed by atoms with E-state index in [9.17, 15) is 4.79 Å². The van der Waals surface area contributed by atoms with Crippen LogP contribution < -0.4 is 0 Å². The molecular formula is C21H19Cl2N3O. The predicted molar refractivity (Wildman–Crippen MR) is 109 cm³/mol. The van der Waals surface area contributed by atoms with Gasteiger partial charge in [-0.3, -0.25) is 4.79 Å². The normalized spacial score (nSPS) is 15.0. The van der Waals surface area contributed by atoms with Gasteiger partial charge in [0.1, 0.15) is 0 Å². The van der Waals surface area contributed by atoms with Gasteiger partial charge in [-0.15, -0.1) is 0 Å². The lowest BCUT2D eigenvalue weighted by atomic mass is 10.1. The Morgan fingerprint density at radius 3 is 2.22 bits per heavy atom. The molecule has 1 aliphatic rings. The standard InChI is InChI=1S/C21H19Cl2N3O/c22-15-7-5-14(6-8-15)19-17-13-16(23)9-10-18(17)24-20(25-19)21(27)26-11-3-1-2-4-12-26/h5-10,13H,1-4,11-12H2. The molecule has 1 fully saturated rings. The van der Waals surface area contributed by atoms with Gasteiger partial charge in [0.15, 0.2) is 0 Å². The van der Waals surface area contributed by atoms with E-state index in [4.69, 9.17) is 23.2 Å². The molecule has 1 amide bonds. The van der Waals surface area contributed by atoms with Crippen molar-refractivity contribution in [3.05, 3.63) is 58.3 Å². The Labute approximate surface area is 168 Å². The van der Waals surface area contributed by atoms with Crippen LogP contribution in [0.1, 0.15) is 36.3 Å². The van der Waals surface area contributed by atoms with Gasteiger partial charge in [-0.25, -0.2) is 9.97 Å². The maximum Gasteiger partial charge on any atom is 0.291 e. The quantitative estimate of drug-likeness (QED) is 0.561. The molecule has 4 nitrogen and oxygen atoms in total. The summed E-state index contributed by atoms with van der Waals surface area (Å²) in [4.78, 5) is 24.1. The van der Waals surface area contributed by atoms with Crippen molar-refractivity contribution in [2.24, 2.45) is 0 Å². The fourth-order valence-corrected chi connectivity index (χ4v) is 3.74. The number of hydrogen-bond acceptors (Lipinski definition) is 3. The highest BCUT2D eigenvalue weighted by Crippen LogP contribution is 2.29. The van der Waals surface area contributed by atoms with E-state index >= 15 is 0 Å². The SMILES string of the molecule is O=C(c1nc(-c2ccc(Cl)cc2)c2cc(Cl)ccc2n1)N1CCCCCC1. The van der Waals surface area contributed by atoms with Gasteiger partial charge in [0.25, 0.3) is 5.91 Å². The van der Waals surface area contributed by atoms with Crippen molar-refractivity contribution in [1.29, 1.82) is 0 Å². The molecule has 6 heteroatoms. The fourth-order valence-electron chi connectivity index (χ4n) is 3.44. The van der Waals surface area contributed by atoms with Crippen LogP contribution in [0.4, 0.5) is 0 Å². The van der Waals surface area contributed by atoms with Crippen molar-refractivity contribution < 1.29 is 4.79 Å². The van der Waals surface area contributed by atoms with E-state index in [1.807, 2.05) is 41.3 Å². The van der Waals surface area contributed by atoms with Crippen LogP contribution in [0.2, 0.25) is 10.0 Å². The van der Waals surface area contributed by atoms with E-state index < -0.39 is 0 Å². The Balaban J connectivity index is 1.83. The molecule has 0 aliphatic carbocycles. The average Bonchev–Trinajstić information content (AvgIpc) is 2.97. The second kappa shape index (κ2) is 7.83. The minimum absolute atomic E-state index is 0.107. The van der Waals surface area contributed by atoms with Crippen LogP contribution in [0.25, 0.3) is 22.2 Å². The number of aromatic nitrogens is 2. The number of benzene rings is 2. The first kappa shape index (κ1) is 18.2. The molecule has 1 aromatic heterocycles. The third-order valence-corrected chi connectivity index (χ3v) is 5.35. The molecule has 2 aromatic carbocycles. The zero-order valence-corrected chi connectivity index (χ0v) is 16.3. The summed E-state index contributed by atoms with van der Waals surface area (Å²) in [7, 11) is 0. The molecule has 3 aromatic rings. The lowest BCUT2D eigenvalue weighted by Crippen LogP contribution is -2.33. The van der Waals surface area contributed by atoms with Gasteiger partial charge in [0.2, 0.25) is 5.82 Å². The summed E-state index contributed by atoms with van der Waals surface area (Å²) in [5.41, 5.74) is 2.27. The second-order valence-corrected chi connectivity index (χ2v) is 7.64. The Kier molecular flexibility index (Phi) is 5.28. The largest absolute Gasteiger partial charge is 0.336 e. The van der Waals surface area contributed by atoms with E-state index in [-0.39, 0.29) is 11.7 Å². The second-order valence-electron chi connectivity index (χ2n) is 6.77. The summed E-state index contributed by atoms with van der Waals surface area (Å²) >= 11 is 12.2. The molecule has 1 saturated heterocycles. The van der Waals surface area contributed by atoms with E-state index in [2.05, 4.69) is 9.97 Å². The number of amides is 1. The Bertz CT molecular complexity index is 981. The van der Waals surface area contributed by atoms with Crippen LogP contribution in [0.15, 0.2) is 42.5 Å². The third-order valence-electron chi connectivity index (χ3n) is 4.86. The minimum Gasteiger partial charge on any atom is -0.336 e. The molecule has 0 saturated carbocycles. The smallest absolute Gasteiger partial charge is 0.291 e. The highest BCUT2D eigenvalue weighted by atomic mass is 35.5. The molecule has 0 bridgehead atoms. The zero-order valence-electron chi connectivity index (χ0n) is 14.8. The van der Waals surface area contributed by atoms with Gasteiger partial charge in [-0.1, -0.05) is 48.2 Å². The Hall–Kier alpha value is -2.17. The fraction of sp³-hybridized carbons (Fsp3) is 0.286. The van der Waals surface area contributed by atoms with Crippen molar-refractivity contribution >= 4 is 40.0 Å². The molecular weight excluding hydrogens is 381 g/mol. The van der Waals surface area contributed by atoms with Gasteiger partial charge >= 0.3 is 0 Å². The van der Waals surface area contributed by atoms with Crippen LogP contribution >= 0.6 is 23.2 Å². The molecule has 0 unspecified atom stereocenters. The Morgan fingerprint density at radius 1 is 0.852 bits per heavy atom. The van der Waals surface area contributed by atoms with Crippen LogP contribution in [-0.2, 0) is 0 Å². The average molecular weight is 400 g/mol. The summed E-state index contributed by atoms with van der Waals surface area (Å²) in [6.45, 7) is 1.52. The van der Waals surface area contributed by atoms with Crippen LogP contribution in [0.5, 0.6) is 0 Å². The monoisotopic (exact) mass is 399 g/mol. The number of rotatable bonds is 2. The molecule has 138 valence electrons. The minimum atomic E-state index is -0.107. The van der Waals surface area contributed by atoms with Crippen molar-refractivity contribution in [3.63, 3.8) is 0 Å². The highest BCUT2D eigenvalue weighted by Gasteiger charge is 2.22. The summed E-state index contributed by atoms with van der Waals surface area (Å²) in [6, 6.07) is 12.9. The van der Waals surface area contributed by atoms with Crippen molar-refractivity contribution in [3.8, 4) is 11.3 Å². The summed E-state index contributed by atoms with van der Waals surface area (Å²) in [6.07, 6.45) is 4.38. The first-order valence-corrected chi connectivity index (χ1v) is 9.90.